The van der Waals surface area contributed by atoms with Crippen molar-refractivity contribution < 1.29 is 14.6 Å². The number of benzene rings is 1. The third-order valence-electron chi connectivity index (χ3n) is 2.01. The zero-order valence-corrected chi connectivity index (χ0v) is 9.39. The molecule has 0 spiro atoms. The third-order valence-corrected chi connectivity index (χ3v) is 2.22. The molecule has 1 heterocycles. The molecule has 2 rings (SSSR count). The van der Waals surface area contributed by atoms with Gasteiger partial charge in [0, 0.05) is 12.3 Å². The van der Waals surface area contributed by atoms with Gasteiger partial charge in [-0.05, 0) is 12.1 Å². The van der Waals surface area contributed by atoms with E-state index in [9.17, 15) is 9.90 Å². The zero-order chi connectivity index (χ0) is 12.3. The highest BCUT2D eigenvalue weighted by Gasteiger charge is 2.12. The monoisotopic (exact) mass is 249 g/mol. The number of halogens is 1. The summed E-state index contributed by atoms with van der Waals surface area (Å²) in [6.45, 7) is 0. The summed E-state index contributed by atoms with van der Waals surface area (Å²) in [6, 6.07) is 7.59. The number of hydrogen-bond acceptors (Lipinski definition) is 4. The van der Waals surface area contributed by atoms with Crippen LogP contribution in [0.5, 0.6) is 11.5 Å². The number of aromatic hydroxyl groups is 1. The average Bonchev–Trinajstić information content (AvgIpc) is 2.29. The van der Waals surface area contributed by atoms with E-state index in [1.165, 1.54) is 30.6 Å². The maximum Gasteiger partial charge on any atom is 0.347 e. The van der Waals surface area contributed by atoms with Crippen molar-refractivity contribution in [2.45, 2.75) is 0 Å². The topological polar surface area (TPSA) is 59.4 Å². The van der Waals surface area contributed by atoms with E-state index >= 15 is 0 Å². The van der Waals surface area contributed by atoms with Gasteiger partial charge in [-0.15, -0.1) is 0 Å². The molecule has 0 aliphatic heterocycles. The lowest BCUT2D eigenvalue weighted by atomic mass is 10.2. The minimum atomic E-state index is -0.660. The van der Waals surface area contributed by atoms with Crippen molar-refractivity contribution in [2.75, 3.05) is 0 Å². The summed E-state index contributed by atoms with van der Waals surface area (Å²) >= 11 is 5.70. The first-order valence-electron chi connectivity index (χ1n) is 4.77. The molecule has 1 aromatic carbocycles. The van der Waals surface area contributed by atoms with Crippen LogP contribution < -0.4 is 4.74 Å². The molecule has 2 aromatic rings. The van der Waals surface area contributed by atoms with Crippen molar-refractivity contribution >= 4 is 17.6 Å². The first-order chi connectivity index (χ1) is 8.16. The second-order valence-electron chi connectivity index (χ2n) is 3.25. The molecule has 0 bridgehead atoms. The maximum absolute atomic E-state index is 11.7. The number of para-hydroxylation sites is 1. The number of phenolic OH excluding ortho intramolecular Hbond substituents is 1. The largest absolute Gasteiger partial charge is 0.507 e. The van der Waals surface area contributed by atoms with Crippen LogP contribution in [0.2, 0.25) is 5.02 Å². The van der Waals surface area contributed by atoms with E-state index in [-0.39, 0.29) is 17.1 Å². The average molecular weight is 250 g/mol. The Balaban J connectivity index is 2.20. The van der Waals surface area contributed by atoms with E-state index < -0.39 is 5.97 Å². The van der Waals surface area contributed by atoms with Gasteiger partial charge in [0.25, 0.3) is 0 Å². The van der Waals surface area contributed by atoms with Crippen molar-refractivity contribution in [1.29, 1.82) is 0 Å². The number of pyridine rings is 1. The lowest BCUT2D eigenvalue weighted by molar-refractivity contribution is 0.0731. The molecule has 0 amide bonds. The van der Waals surface area contributed by atoms with Crippen molar-refractivity contribution in [2.24, 2.45) is 0 Å². The Morgan fingerprint density at radius 2 is 2.06 bits per heavy atom. The molecule has 0 aliphatic carbocycles. The Labute approximate surface area is 102 Å². The number of aromatic nitrogens is 1. The number of esters is 1. The van der Waals surface area contributed by atoms with Gasteiger partial charge in [-0.1, -0.05) is 23.7 Å². The van der Waals surface area contributed by atoms with Gasteiger partial charge in [0.05, 0.1) is 11.2 Å². The highest BCUT2D eigenvalue weighted by atomic mass is 35.5. The maximum atomic E-state index is 11.7. The van der Waals surface area contributed by atoms with Gasteiger partial charge in [0.15, 0.2) is 5.75 Å². The number of phenols is 1. The molecule has 17 heavy (non-hydrogen) atoms. The standard InChI is InChI=1S/C12H8ClNO3/c13-8-5-9(7-14-6-8)17-12(16)10-3-1-2-4-11(10)15/h1-7,15H. The highest BCUT2D eigenvalue weighted by molar-refractivity contribution is 6.30. The Morgan fingerprint density at radius 1 is 1.29 bits per heavy atom. The molecule has 0 saturated carbocycles. The summed E-state index contributed by atoms with van der Waals surface area (Å²) in [6.07, 6.45) is 2.79. The molecule has 4 nitrogen and oxygen atoms in total. The summed E-state index contributed by atoms with van der Waals surface area (Å²) in [4.78, 5) is 15.5. The van der Waals surface area contributed by atoms with Crippen molar-refractivity contribution in [3.63, 3.8) is 0 Å². The minimum absolute atomic E-state index is 0.0903. The highest BCUT2D eigenvalue weighted by Crippen LogP contribution is 2.20. The Bertz CT molecular complexity index is 557. The fourth-order valence-corrected chi connectivity index (χ4v) is 1.42. The fourth-order valence-electron chi connectivity index (χ4n) is 1.26. The first-order valence-corrected chi connectivity index (χ1v) is 5.15. The second-order valence-corrected chi connectivity index (χ2v) is 3.68. The van der Waals surface area contributed by atoms with Crippen LogP contribution in [0.4, 0.5) is 0 Å². The lowest BCUT2D eigenvalue weighted by Crippen LogP contribution is -2.08. The molecule has 1 N–H and O–H groups in total. The van der Waals surface area contributed by atoms with Gasteiger partial charge < -0.3 is 9.84 Å². The molecule has 0 radical (unpaired) electrons. The molecule has 0 saturated heterocycles. The smallest absolute Gasteiger partial charge is 0.347 e. The van der Waals surface area contributed by atoms with Gasteiger partial charge in [-0.25, -0.2) is 4.79 Å². The lowest BCUT2D eigenvalue weighted by Gasteiger charge is -2.05. The third kappa shape index (κ3) is 2.73. The number of hydrogen-bond donors (Lipinski definition) is 1. The van der Waals surface area contributed by atoms with E-state index in [0.29, 0.717) is 5.02 Å². The first kappa shape index (κ1) is 11.4. The van der Waals surface area contributed by atoms with E-state index in [1.54, 1.807) is 12.1 Å². The van der Waals surface area contributed by atoms with E-state index in [2.05, 4.69) is 4.98 Å². The summed E-state index contributed by atoms with van der Waals surface area (Å²) in [7, 11) is 0. The zero-order valence-electron chi connectivity index (χ0n) is 8.63. The molecule has 0 unspecified atom stereocenters. The molecule has 1 aromatic heterocycles. The number of ether oxygens (including phenoxy) is 1. The van der Waals surface area contributed by atoms with Gasteiger partial charge in [0.2, 0.25) is 0 Å². The summed E-state index contributed by atoms with van der Waals surface area (Å²) in [5.74, 6) is -0.564. The Hall–Kier alpha value is -2.07. The van der Waals surface area contributed by atoms with Crippen LogP contribution in [0.1, 0.15) is 10.4 Å². The van der Waals surface area contributed by atoms with Crippen LogP contribution in [0.25, 0.3) is 0 Å². The van der Waals surface area contributed by atoms with Crippen molar-refractivity contribution in [3.8, 4) is 11.5 Å². The van der Waals surface area contributed by atoms with Gasteiger partial charge in [-0.3, -0.25) is 4.98 Å². The number of carbonyl (C=O) groups is 1. The van der Waals surface area contributed by atoms with Crippen LogP contribution in [-0.4, -0.2) is 16.1 Å². The van der Waals surface area contributed by atoms with E-state index in [4.69, 9.17) is 16.3 Å². The fraction of sp³-hybridized carbons (Fsp3) is 0. The molecule has 5 heteroatoms. The quantitative estimate of drug-likeness (QED) is 0.832. The van der Waals surface area contributed by atoms with Crippen LogP contribution >= 0.6 is 11.6 Å². The van der Waals surface area contributed by atoms with Crippen LogP contribution in [0, 0.1) is 0 Å². The minimum Gasteiger partial charge on any atom is -0.507 e. The predicted molar refractivity (Wildman–Crippen MR) is 62.3 cm³/mol. The summed E-state index contributed by atoms with van der Waals surface area (Å²) < 4.78 is 5.02. The van der Waals surface area contributed by atoms with Crippen LogP contribution in [0.3, 0.4) is 0 Å². The van der Waals surface area contributed by atoms with Gasteiger partial charge in [-0.2, -0.15) is 0 Å². The number of rotatable bonds is 2. The molecule has 0 atom stereocenters. The van der Waals surface area contributed by atoms with Crippen LogP contribution in [-0.2, 0) is 0 Å². The normalized spacial score (nSPS) is 9.94. The molecule has 86 valence electrons. The molecule has 0 aliphatic rings. The van der Waals surface area contributed by atoms with Crippen molar-refractivity contribution in [3.05, 3.63) is 53.3 Å². The van der Waals surface area contributed by atoms with E-state index in [0.717, 1.165) is 0 Å². The number of nitrogens with zero attached hydrogens (tertiary/aromatic N) is 1. The second kappa shape index (κ2) is 4.84. The van der Waals surface area contributed by atoms with Gasteiger partial charge >= 0.3 is 5.97 Å². The number of carbonyl (C=O) groups excluding carboxylic acids is 1. The predicted octanol–water partition coefficient (Wildman–Crippen LogP) is 2.66. The SMILES string of the molecule is O=C(Oc1cncc(Cl)c1)c1ccccc1O. The molecular formula is C12H8ClNO3. The van der Waals surface area contributed by atoms with E-state index in [1.807, 2.05) is 0 Å². The summed E-state index contributed by atoms with van der Waals surface area (Å²) in [5.41, 5.74) is 0.0903. The van der Waals surface area contributed by atoms with Crippen LogP contribution in [0.15, 0.2) is 42.7 Å². The molecule has 0 fully saturated rings. The van der Waals surface area contributed by atoms with Crippen molar-refractivity contribution in [1.82, 2.24) is 4.98 Å². The molecular weight excluding hydrogens is 242 g/mol. The Kier molecular flexibility index (Phi) is 3.25. The van der Waals surface area contributed by atoms with Gasteiger partial charge in [0.1, 0.15) is 11.3 Å². The summed E-state index contributed by atoms with van der Waals surface area (Å²) in [5, 5.41) is 9.84. The Morgan fingerprint density at radius 3 is 2.76 bits per heavy atom.